The number of fused-ring (bicyclic) bond motifs is 4. The molecule has 1 saturated carbocycles. The first-order valence-electron chi connectivity index (χ1n) is 5.14. The van der Waals surface area contributed by atoms with Gasteiger partial charge >= 0.3 is 0 Å². The number of epoxide rings is 1. The molecule has 1 saturated heterocycles. The molecular formula is C12H12O. The van der Waals surface area contributed by atoms with Crippen molar-refractivity contribution in [3.63, 3.8) is 0 Å². The molecule has 1 aromatic rings. The highest BCUT2D eigenvalue weighted by Crippen LogP contribution is 2.63. The molecule has 1 heterocycles. The third kappa shape index (κ3) is 0.720. The summed E-state index contributed by atoms with van der Waals surface area (Å²) in [5.74, 6) is 0. The number of hydrogen-bond donors (Lipinski definition) is 0. The molecule has 0 bridgehead atoms. The molecule has 0 radical (unpaired) electrons. The average Bonchev–Trinajstić information content (AvgIpc) is 3.04. The van der Waals surface area contributed by atoms with Crippen molar-refractivity contribution in [3.8, 4) is 0 Å². The minimum Gasteiger partial charge on any atom is -0.364 e. The highest BCUT2D eigenvalue weighted by atomic mass is 16.6. The Balaban J connectivity index is 1.97. The summed E-state index contributed by atoms with van der Waals surface area (Å²) in [4.78, 5) is 0. The molecule has 3 aliphatic rings. The Morgan fingerprint density at radius 1 is 1.23 bits per heavy atom. The van der Waals surface area contributed by atoms with Gasteiger partial charge in [-0.2, -0.15) is 0 Å². The first-order valence-corrected chi connectivity index (χ1v) is 5.14. The fourth-order valence-corrected chi connectivity index (χ4v) is 2.92. The molecule has 2 atom stereocenters. The van der Waals surface area contributed by atoms with Crippen LogP contribution in [0.4, 0.5) is 0 Å². The van der Waals surface area contributed by atoms with Gasteiger partial charge in [-0.15, -0.1) is 0 Å². The van der Waals surface area contributed by atoms with E-state index in [2.05, 4.69) is 24.3 Å². The monoisotopic (exact) mass is 172 g/mol. The van der Waals surface area contributed by atoms with E-state index in [0.717, 1.165) is 0 Å². The molecule has 2 unspecified atom stereocenters. The van der Waals surface area contributed by atoms with Gasteiger partial charge in [0.2, 0.25) is 0 Å². The van der Waals surface area contributed by atoms with Crippen molar-refractivity contribution < 1.29 is 4.74 Å². The summed E-state index contributed by atoms with van der Waals surface area (Å²) in [5, 5.41) is 0. The normalized spacial score (nSPS) is 36.6. The quantitative estimate of drug-likeness (QED) is 0.548. The van der Waals surface area contributed by atoms with Crippen molar-refractivity contribution in [3.05, 3.63) is 35.4 Å². The van der Waals surface area contributed by atoms with Gasteiger partial charge in [0.05, 0.1) is 6.10 Å². The van der Waals surface area contributed by atoms with Crippen LogP contribution in [0, 0.1) is 0 Å². The van der Waals surface area contributed by atoms with Crippen molar-refractivity contribution in [2.75, 3.05) is 0 Å². The lowest BCUT2D eigenvalue weighted by Gasteiger charge is -2.21. The Bertz CT molecular complexity index is 378. The summed E-state index contributed by atoms with van der Waals surface area (Å²) >= 11 is 0. The second kappa shape index (κ2) is 1.83. The van der Waals surface area contributed by atoms with Crippen LogP contribution in [0.15, 0.2) is 24.3 Å². The van der Waals surface area contributed by atoms with Crippen LogP contribution in [0.3, 0.4) is 0 Å². The van der Waals surface area contributed by atoms with E-state index in [9.17, 15) is 0 Å². The molecule has 1 nitrogen and oxygen atoms in total. The molecule has 2 fully saturated rings. The predicted octanol–water partition coefficient (Wildman–Crippen LogP) is 2.56. The lowest BCUT2D eigenvalue weighted by Crippen LogP contribution is -2.17. The minimum absolute atomic E-state index is 0.461. The lowest BCUT2D eigenvalue weighted by atomic mass is 9.80. The molecular weight excluding hydrogens is 160 g/mol. The predicted molar refractivity (Wildman–Crippen MR) is 49.6 cm³/mol. The van der Waals surface area contributed by atoms with Gasteiger partial charge in [0.15, 0.2) is 0 Å². The van der Waals surface area contributed by atoms with E-state index in [1.165, 1.54) is 24.8 Å². The van der Waals surface area contributed by atoms with E-state index in [0.29, 0.717) is 17.6 Å². The molecule has 1 aliphatic heterocycles. The summed E-state index contributed by atoms with van der Waals surface area (Å²) < 4.78 is 5.68. The highest BCUT2D eigenvalue weighted by Gasteiger charge is 2.58. The second-order valence-electron chi connectivity index (χ2n) is 4.67. The Morgan fingerprint density at radius 2 is 2.08 bits per heavy atom. The number of hydrogen-bond acceptors (Lipinski definition) is 1. The lowest BCUT2D eigenvalue weighted by molar-refractivity contribution is 0.362. The fourth-order valence-electron chi connectivity index (χ4n) is 2.92. The summed E-state index contributed by atoms with van der Waals surface area (Å²) in [7, 11) is 0. The average molecular weight is 172 g/mol. The van der Waals surface area contributed by atoms with Gasteiger partial charge in [-0.1, -0.05) is 24.3 Å². The first kappa shape index (κ1) is 6.61. The standard InChI is InChI=1S/C12H12O/c1-2-4-9-8(3-1)11-10(13-11)7-12(9)5-6-12/h1-4,10-11H,5-7H2. The van der Waals surface area contributed by atoms with E-state index in [-0.39, 0.29) is 0 Å². The van der Waals surface area contributed by atoms with Crippen LogP contribution in [0.5, 0.6) is 0 Å². The van der Waals surface area contributed by atoms with Gasteiger partial charge in [0.25, 0.3) is 0 Å². The molecule has 4 rings (SSSR count). The number of benzene rings is 1. The maximum Gasteiger partial charge on any atom is 0.109 e. The number of rotatable bonds is 0. The van der Waals surface area contributed by atoms with Crippen LogP contribution in [0.2, 0.25) is 0 Å². The number of ether oxygens (including phenoxy) is 1. The summed E-state index contributed by atoms with van der Waals surface area (Å²) in [6, 6.07) is 8.86. The SMILES string of the molecule is c1ccc2c(c1)C1OC1CC21CC1. The van der Waals surface area contributed by atoms with Crippen LogP contribution >= 0.6 is 0 Å². The summed E-state index contributed by atoms with van der Waals surface area (Å²) in [6.45, 7) is 0. The molecule has 0 amide bonds. The maximum absolute atomic E-state index is 5.68. The summed E-state index contributed by atoms with van der Waals surface area (Å²) in [6.07, 6.45) is 5.09. The van der Waals surface area contributed by atoms with E-state index < -0.39 is 0 Å². The van der Waals surface area contributed by atoms with Gasteiger partial charge in [0.1, 0.15) is 6.10 Å². The van der Waals surface area contributed by atoms with Gasteiger partial charge in [-0.05, 0) is 35.8 Å². The molecule has 2 aliphatic carbocycles. The van der Waals surface area contributed by atoms with Gasteiger partial charge in [-0.25, -0.2) is 0 Å². The Morgan fingerprint density at radius 3 is 2.92 bits per heavy atom. The van der Waals surface area contributed by atoms with Crippen LogP contribution in [0.25, 0.3) is 0 Å². The molecule has 0 aromatic heterocycles. The topological polar surface area (TPSA) is 12.5 Å². The molecule has 1 heteroatoms. The van der Waals surface area contributed by atoms with E-state index >= 15 is 0 Å². The van der Waals surface area contributed by atoms with E-state index in [1.54, 1.807) is 5.56 Å². The van der Waals surface area contributed by atoms with Gasteiger partial charge < -0.3 is 4.74 Å². The Labute approximate surface area is 77.7 Å². The smallest absolute Gasteiger partial charge is 0.109 e. The third-order valence-corrected chi connectivity index (χ3v) is 3.87. The van der Waals surface area contributed by atoms with Gasteiger partial charge in [-0.3, -0.25) is 0 Å². The van der Waals surface area contributed by atoms with Crippen molar-refractivity contribution in [1.82, 2.24) is 0 Å². The zero-order chi connectivity index (χ0) is 8.47. The van der Waals surface area contributed by atoms with Crippen molar-refractivity contribution in [2.24, 2.45) is 0 Å². The molecule has 0 N–H and O–H groups in total. The van der Waals surface area contributed by atoms with Crippen molar-refractivity contribution in [1.29, 1.82) is 0 Å². The highest BCUT2D eigenvalue weighted by molar-refractivity contribution is 5.45. The molecule has 13 heavy (non-hydrogen) atoms. The van der Waals surface area contributed by atoms with Crippen LogP contribution in [-0.2, 0) is 10.2 Å². The zero-order valence-electron chi connectivity index (χ0n) is 7.49. The Hall–Kier alpha value is -0.820. The second-order valence-corrected chi connectivity index (χ2v) is 4.67. The minimum atomic E-state index is 0.461. The fraction of sp³-hybridized carbons (Fsp3) is 0.500. The van der Waals surface area contributed by atoms with Gasteiger partial charge in [0, 0.05) is 0 Å². The molecule has 66 valence electrons. The first-order chi connectivity index (χ1) is 6.39. The van der Waals surface area contributed by atoms with E-state index in [4.69, 9.17) is 4.74 Å². The van der Waals surface area contributed by atoms with E-state index in [1.807, 2.05) is 0 Å². The van der Waals surface area contributed by atoms with Crippen molar-refractivity contribution in [2.45, 2.75) is 36.9 Å². The summed E-state index contributed by atoms with van der Waals surface area (Å²) in [5.41, 5.74) is 3.62. The maximum atomic E-state index is 5.68. The third-order valence-electron chi connectivity index (χ3n) is 3.87. The van der Waals surface area contributed by atoms with Crippen molar-refractivity contribution >= 4 is 0 Å². The molecule has 1 aromatic carbocycles. The largest absolute Gasteiger partial charge is 0.364 e. The van der Waals surface area contributed by atoms with Crippen LogP contribution < -0.4 is 0 Å². The Kier molecular flexibility index (Phi) is 0.929. The zero-order valence-corrected chi connectivity index (χ0v) is 7.49. The van der Waals surface area contributed by atoms with Crippen LogP contribution in [-0.4, -0.2) is 6.10 Å². The van der Waals surface area contributed by atoms with Crippen LogP contribution in [0.1, 0.15) is 36.5 Å². The molecule has 1 spiro atoms.